The SMILES string of the molecule is COc1ccc2[nH]cc(C(C)(C)C(=O)N3CCCCCC3)c2c1. The molecule has 0 spiro atoms. The van der Waals surface area contributed by atoms with E-state index in [0.29, 0.717) is 0 Å². The largest absolute Gasteiger partial charge is 0.497 e. The van der Waals surface area contributed by atoms with E-state index in [0.717, 1.165) is 48.1 Å². The van der Waals surface area contributed by atoms with E-state index in [1.54, 1.807) is 7.11 Å². The number of likely N-dealkylation sites (tertiary alicyclic amines) is 1. The molecule has 23 heavy (non-hydrogen) atoms. The van der Waals surface area contributed by atoms with Crippen LogP contribution in [0.2, 0.25) is 0 Å². The zero-order chi connectivity index (χ0) is 16.4. The number of hydrogen-bond acceptors (Lipinski definition) is 2. The predicted molar refractivity (Wildman–Crippen MR) is 92.9 cm³/mol. The minimum Gasteiger partial charge on any atom is -0.497 e. The van der Waals surface area contributed by atoms with Crippen molar-refractivity contribution in [3.63, 3.8) is 0 Å². The maximum absolute atomic E-state index is 13.1. The highest BCUT2D eigenvalue weighted by Gasteiger charge is 2.35. The number of methoxy groups -OCH3 is 1. The van der Waals surface area contributed by atoms with Gasteiger partial charge in [-0.1, -0.05) is 12.8 Å². The van der Waals surface area contributed by atoms with Crippen molar-refractivity contribution >= 4 is 16.8 Å². The highest BCUT2D eigenvalue weighted by Crippen LogP contribution is 2.34. The van der Waals surface area contributed by atoms with Gasteiger partial charge >= 0.3 is 0 Å². The van der Waals surface area contributed by atoms with Crippen molar-refractivity contribution in [2.45, 2.75) is 44.9 Å². The van der Waals surface area contributed by atoms with Crippen molar-refractivity contribution in [1.82, 2.24) is 9.88 Å². The molecule has 1 fully saturated rings. The lowest BCUT2D eigenvalue weighted by Crippen LogP contribution is -2.43. The number of carbonyl (C=O) groups excluding carboxylic acids is 1. The number of aromatic nitrogens is 1. The van der Waals surface area contributed by atoms with E-state index in [2.05, 4.69) is 4.98 Å². The van der Waals surface area contributed by atoms with Crippen LogP contribution in [0.3, 0.4) is 0 Å². The monoisotopic (exact) mass is 314 g/mol. The van der Waals surface area contributed by atoms with E-state index in [4.69, 9.17) is 4.74 Å². The maximum Gasteiger partial charge on any atom is 0.232 e. The van der Waals surface area contributed by atoms with Crippen molar-refractivity contribution < 1.29 is 9.53 Å². The second-order valence-electron chi connectivity index (χ2n) is 6.95. The van der Waals surface area contributed by atoms with Gasteiger partial charge in [0.05, 0.1) is 12.5 Å². The van der Waals surface area contributed by atoms with Crippen molar-refractivity contribution in [2.75, 3.05) is 20.2 Å². The number of fused-ring (bicyclic) bond motifs is 1. The van der Waals surface area contributed by atoms with Crippen LogP contribution < -0.4 is 4.74 Å². The second kappa shape index (κ2) is 6.26. The molecule has 4 nitrogen and oxygen atoms in total. The standard InChI is InChI=1S/C19H26N2O2/c1-19(2,18(22)21-10-6-4-5-7-11-21)16-13-20-17-9-8-14(23-3)12-15(16)17/h8-9,12-13,20H,4-7,10-11H2,1-3H3. The van der Waals surface area contributed by atoms with E-state index in [1.807, 2.05) is 43.1 Å². The fourth-order valence-corrected chi connectivity index (χ4v) is 3.53. The summed E-state index contributed by atoms with van der Waals surface area (Å²) in [6.45, 7) is 5.83. The van der Waals surface area contributed by atoms with Crippen molar-refractivity contribution in [1.29, 1.82) is 0 Å². The summed E-state index contributed by atoms with van der Waals surface area (Å²) in [5, 5.41) is 1.07. The molecule has 2 heterocycles. The quantitative estimate of drug-likeness (QED) is 0.935. The van der Waals surface area contributed by atoms with Gasteiger partial charge in [0.15, 0.2) is 0 Å². The average molecular weight is 314 g/mol. The molecule has 1 N–H and O–H groups in total. The summed E-state index contributed by atoms with van der Waals surface area (Å²) in [6.07, 6.45) is 6.66. The van der Waals surface area contributed by atoms with E-state index < -0.39 is 5.41 Å². The topological polar surface area (TPSA) is 45.3 Å². The number of rotatable bonds is 3. The maximum atomic E-state index is 13.1. The molecule has 0 radical (unpaired) electrons. The third kappa shape index (κ3) is 2.94. The Morgan fingerprint density at radius 2 is 1.87 bits per heavy atom. The fourth-order valence-electron chi connectivity index (χ4n) is 3.53. The van der Waals surface area contributed by atoms with Crippen LogP contribution in [-0.4, -0.2) is 36.0 Å². The molecule has 1 aromatic heterocycles. The second-order valence-corrected chi connectivity index (χ2v) is 6.95. The molecule has 1 amide bonds. The summed E-state index contributed by atoms with van der Waals surface area (Å²) >= 11 is 0. The number of nitrogens with zero attached hydrogens (tertiary/aromatic N) is 1. The third-order valence-corrected chi connectivity index (χ3v) is 4.99. The molecular weight excluding hydrogens is 288 g/mol. The van der Waals surface area contributed by atoms with Crippen LogP contribution in [0.15, 0.2) is 24.4 Å². The van der Waals surface area contributed by atoms with Crippen LogP contribution in [0.1, 0.15) is 45.1 Å². The van der Waals surface area contributed by atoms with Gasteiger partial charge in [-0.15, -0.1) is 0 Å². The molecule has 1 aliphatic heterocycles. The minimum absolute atomic E-state index is 0.225. The number of aromatic amines is 1. The normalized spacial score (nSPS) is 16.4. The van der Waals surface area contributed by atoms with Crippen LogP contribution in [0, 0.1) is 0 Å². The number of benzene rings is 1. The van der Waals surface area contributed by atoms with Gasteiger partial charge in [0.2, 0.25) is 5.91 Å². The van der Waals surface area contributed by atoms with Gasteiger partial charge in [-0.2, -0.15) is 0 Å². The fraction of sp³-hybridized carbons (Fsp3) is 0.526. The molecule has 1 saturated heterocycles. The zero-order valence-electron chi connectivity index (χ0n) is 14.3. The number of carbonyl (C=O) groups is 1. The number of amides is 1. The first-order valence-electron chi connectivity index (χ1n) is 8.49. The van der Waals surface area contributed by atoms with E-state index in [9.17, 15) is 4.79 Å². The van der Waals surface area contributed by atoms with Gasteiger partial charge in [-0.05, 0) is 50.5 Å². The third-order valence-electron chi connectivity index (χ3n) is 4.99. The summed E-state index contributed by atoms with van der Waals surface area (Å²) in [6, 6.07) is 5.95. The molecule has 1 aromatic carbocycles. The molecule has 0 aliphatic carbocycles. The Kier molecular flexibility index (Phi) is 4.33. The number of ether oxygens (including phenoxy) is 1. The number of H-pyrrole nitrogens is 1. The molecule has 1 aliphatic rings. The van der Waals surface area contributed by atoms with Crippen LogP contribution in [0.4, 0.5) is 0 Å². The van der Waals surface area contributed by atoms with E-state index in [1.165, 1.54) is 12.8 Å². The van der Waals surface area contributed by atoms with Crippen LogP contribution in [0.25, 0.3) is 10.9 Å². The average Bonchev–Trinajstić information content (AvgIpc) is 2.80. The Hall–Kier alpha value is -1.97. The first-order valence-corrected chi connectivity index (χ1v) is 8.49. The summed E-state index contributed by atoms with van der Waals surface area (Å²) in [5.41, 5.74) is 1.53. The van der Waals surface area contributed by atoms with Gasteiger partial charge in [-0.3, -0.25) is 4.79 Å². The molecule has 3 rings (SSSR count). The Bertz CT molecular complexity index is 694. The minimum atomic E-state index is -0.547. The van der Waals surface area contributed by atoms with Crippen LogP contribution in [0.5, 0.6) is 5.75 Å². The number of nitrogens with one attached hydrogen (secondary N) is 1. The Labute approximate surface area is 137 Å². The summed E-state index contributed by atoms with van der Waals surface area (Å²) in [4.78, 5) is 18.5. The molecular formula is C19H26N2O2. The molecule has 0 bridgehead atoms. The lowest BCUT2D eigenvalue weighted by molar-refractivity contribution is -0.136. The summed E-state index contributed by atoms with van der Waals surface area (Å²) in [7, 11) is 1.67. The van der Waals surface area contributed by atoms with Gasteiger partial charge in [0.25, 0.3) is 0 Å². The zero-order valence-corrected chi connectivity index (χ0v) is 14.3. The lowest BCUT2D eigenvalue weighted by atomic mass is 9.82. The molecule has 2 aromatic rings. The highest BCUT2D eigenvalue weighted by molar-refractivity contribution is 5.95. The highest BCUT2D eigenvalue weighted by atomic mass is 16.5. The summed E-state index contributed by atoms with van der Waals surface area (Å²) < 4.78 is 5.34. The Morgan fingerprint density at radius 1 is 1.17 bits per heavy atom. The van der Waals surface area contributed by atoms with Crippen molar-refractivity contribution in [2.24, 2.45) is 0 Å². The van der Waals surface area contributed by atoms with Crippen molar-refractivity contribution in [3.8, 4) is 5.75 Å². The van der Waals surface area contributed by atoms with E-state index in [-0.39, 0.29) is 5.91 Å². The first kappa shape index (κ1) is 15.9. The van der Waals surface area contributed by atoms with E-state index >= 15 is 0 Å². The van der Waals surface area contributed by atoms with Crippen LogP contribution in [-0.2, 0) is 10.2 Å². The Balaban J connectivity index is 1.96. The molecule has 124 valence electrons. The molecule has 4 heteroatoms. The van der Waals surface area contributed by atoms with Gasteiger partial charge < -0.3 is 14.6 Å². The first-order chi connectivity index (χ1) is 11.0. The van der Waals surface area contributed by atoms with Gasteiger partial charge in [-0.25, -0.2) is 0 Å². The van der Waals surface area contributed by atoms with Gasteiger partial charge in [0.1, 0.15) is 5.75 Å². The lowest BCUT2D eigenvalue weighted by Gasteiger charge is -2.31. The Morgan fingerprint density at radius 3 is 2.52 bits per heavy atom. The summed E-state index contributed by atoms with van der Waals surface area (Å²) in [5.74, 6) is 1.04. The number of hydrogen-bond donors (Lipinski definition) is 1. The van der Waals surface area contributed by atoms with Crippen LogP contribution >= 0.6 is 0 Å². The molecule has 0 atom stereocenters. The molecule has 0 unspecified atom stereocenters. The smallest absolute Gasteiger partial charge is 0.232 e. The predicted octanol–water partition coefficient (Wildman–Crippen LogP) is 3.86. The molecule has 0 saturated carbocycles. The van der Waals surface area contributed by atoms with Crippen molar-refractivity contribution in [3.05, 3.63) is 30.0 Å². The van der Waals surface area contributed by atoms with Gasteiger partial charge in [0, 0.05) is 30.2 Å².